The quantitative estimate of drug-likeness (QED) is 0.626. The molecule has 134 valence electrons. The highest BCUT2D eigenvalue weighted by Crippen LogP contribution is 2.24. The average molecular weight is 388 g/mol. The van der Waals surface area contributed by atoms with Crippen molar-refractivity contribution in [1.82, 2.24) is 14.9 Å². The fourth-order valence-electron chi connectivity index (χ4n) is 2.75. The van der Waals surface area contributed by atoms with Crippen molar-refractivity contribution in [1.29, 1.82) is 0 Å². The maximum absolute atomic E-state index is 11.7. The van der Waals surface area contributed by atoms with Gasteiger partial charge in [-0.15, -0.1) is 0 Å². The third-order valence-corrected chi connectivity index (χ3v) is 4.82. The second kappa shape index (κ2) is 7.94. The lowest BCUT2D eigenvalue weighted by Gasteiger charge is -2.11. The Morgan fingerprint density at radius 3 is 2.69 bits per heavy atom. The van der Waals surface area contributed by atoms with Gasteiger partial charge in [0.2, 0.25) is 5.91 Å². The molecule has 1 N–H and O–H groups in total. The van der Waals surface area contributed by atoms with Gasteiger partial charge in [0.15, 0.2) is 0 Å². The molecule has 0 fully saturated rings. The Bertz CT molecular complexity index is 978. The van der Waals surface area contributed by atoms with Crippen molar-refractivity contribution in [3.63, 3.8) is 0 Å². The van der Waals surface area contributed by atoms with E-state index in [-0.39, 0.29) is 5.91 Å². The lowest BCUT2D eigenvalue weighted by Crippen LogP contribution is -2.26. The number of carbonyl (C=O) groups excluding carboxylic acids is 1. The zero-order chi connectivity index (χ0) is 18.7. The molecule has 1 heterocycles. The number of carbonyl (C=O) groups is 1. The van der Waals surface area contributed by atoms with Gasteiger partial charge in [0.1, 0.15) is 5.82 Å². The number of para-hydroxylation sites is 2. The summed E-state index contributed by atoms with van der Waals surface area (Å²) in [4.78, 5) is 16.4. The van der Waals surface area contributed by atoms with Crippen molar-refractivity contribution in [2.24, 2.45) is 0 Å². The highest BCUT2D eigenvalue weighted by molar-refractivity contribution is 6.42. The second-order valence-electron chi connectivity index (χ2n) is 6.14. The standard InChI is InChI=1S/C20H19Cl2N3O/c1-13(2)20(26)23-10-9-19-24-17-5-3-4-6-18(17)25(19)12-14-7-8-15(21)16(22)11-14/h3-8,11H,1,9-10,12H2,2H3,(H,23,26). The number of nitrogens with zero attached hydrogens (tertiary/aromatic N) is 2. The van der Waals surface area contributed by atoms with Crippen molar-refractivity contribution >= 4 is 40.1 Å². The largest absolute Gasteiger partial charge is 0.352 e. The molecule has 3 aromatic rings. The number of fused-ring (bicyclic) bond motifs is 1. The van der Waals surface area contributed by atoms with Gasteiger partial charge in [-0.1, -0.05) is 48.0 Å². The molecule has 26 heavy (non-hydrogen) atoms. The minimum Gasteiger partial charge on any atom is -0.352 e. The number of imidazole rings is 1. The van der Waals surface area contributed by atoms with Crippen LogP contribution in [-0.2, 0) is 17.8 Å². The van der Waals surface area contributed by atoms with Gasteiger partial charge in [0.05, 0.1) is 21.1 Å². The number of rotatable bonds is 6. The van der Waals surface area contributed by atoms with Crippen molar-refractivity contribution in [3.8, 4) is 0 Å². The van der Waals surface area contributed by atoms with Crippen LogP contribution in [0.2, 0.25) is 10.0 Å². The van der Waals surface area contributed by atoms with E-state index in [1.807, 2.05) is 36.4 Å². The van der Waals surface area contributed by atoms with Crippen LogP contribution in [0.4, 0.5) is 0 Å². The summed E-state index contributed by atoms with van der Waals surface area (Å²) in [5.74, 6) is 0.761. The second-order valence-corrected chi connectivity index (χ2v) is 6.95. The first kappa shape index (κ1) is 18.5. The summed E-state index contributed by atoms with van der Waals surface area (Å²) >= 11 is 12.2. The molecule has 2 aromatic carbocycles. The lowest BCUT2D eigenvalue weighted by molar-refractivity contribution is -0.117. The monoisotopic (exact) mass is 387 g/mol. The summed E-state index contributed by atoms with van der Waals surface area (Å²) < 4.78 is 2.14. The van der Waals surface area contributed by atoms with Gasteiger partial charge < -0.3 is 9.88 Å². The van der Waals surface area contributed by atoms with Crippen molar-refractivity contribution in [2.45, 2.75) is 19.9 Å². The maximum atomic E-state index is 11.7. The van der Waals surface area contributed by atoms with E-state index >= 15 is 0 Å². The molecule has 0 unspecified atom stereocenters. The fraction of sp³-hybridized carbons (Fsp3) is 0.200. The topological polar surface area (TPSA) is 46.9 Å². The molecule has 0 aliphatic rings. The Morgan fingerprint density at radius 2 is 1.96 bits per heavy atom. The minimum absolute atomic E-state index is 0.142. The van der Waals surface area contributed by atoms with E-state index in [4.69, 9.17) is 28.2 Å². The molecule has 3 rings (SSSR count). The molecule has 1 amide bonds. The summed E-state index contributed by atoms with van der Waals surface area (Å²) in [6.45, 7) is 6.46. The predicted molar refractivity (Wildman–Crippen MR) is 107 cm³/mol. The van der Waals surface area contributed by atoms with Gasteiger partial charge in [-0.2, -0.15) is 0 Å². The molecule has 1 aromatic heterocycles. The third kappa shape index (κ3) is 4.09. The smallest absolute Gasteiger partial charge is 0.246 e. The van der Waals surface area contributed by atoms with Crippen LogP contribution in [0, 0.1) is 0 Å². The number of hydrogen-bond acceptors (Lipinski definition) is 2. The van der Waals surface area contributed by atoms with E-state index < -0.39 is 0 Å². The Morgan fingerprint density at radius 1 is 1.19 bits per heavy atom. The van der Waals surface area contributed by atoms with Gasteiger partial charge in [-0.3, -0.25) is 4.79 Å². The SMILES string of the molecule is C=C(C)C(=O)NCCc1nc2ccccc2n1Cc1ccc(Cl)c(Cl)c1. The normalized spacial score (nSPS) is 10.9. The number of hydrogen-bond donors (Lipinski definition) is 1. The molecule has 6 heteroatoms. The van der Waals surface area contributed by atoms with E-state index in [9.17, 15) is 4.79 Å². The molecule has 0 atom stereocenters. The van der Waals surface area contributed by atoms with E-state index in [0.717, 1.165) is 22.4 Å². The molecule has 0 spiro atoms. The summed E-state index contributed by atoms with van der Waals surface area (Å²) in [7, 11) is 0. The van der Waals surface area contributed by atoms with Crippen LogP contribution >= 0.6 is 23.2 Å². The van der Waals surface area contributed by atoms with Crippen molar-refractivity contribution in [2.75, 3.05) is 6.54 Å². The van der Waals surface area contributed by atoms with Crippen molar-refractivity contribution in [3.05, 3.63) is 76.0 Å². The maximum Gasteiger partial charge on any atom is 0.246 e. The van der Waals surface area contributed by atoms with E-state index in [1.54, 1.807) is 13.0 Å². The number of benzene rings is 2. The van der Waals surface area contributed by atoms with Crippen LogP contribution in [0.15, 0.2) is 54.6 Å². The minimum atomic E-state index is -0.142. The van der Waals surface area contributed by atoms with Crippen LogP contribution in [0.3, 0.4) is 0 Å². The fourth-order valence-corrected chi connectivity index (χ4v) is 3.07. The van der Waals surface area contributed by atoms with Gasteiger partial charge in [0.25, 0.3) is 0 Å². The molecular weight excluding hydrogens is 369 g/mol. The van der Waals surface area contributed by atoms with Crippen LogP contribution in [-0.4, -0.2) is 22.0 Å². The first-order chi connectivity index (χ1) is 12.5. The summed E-state index contributed by atoms with van der Waals surface area (Å²) in [6, 6.07) is 13.6. The Hall–Kier alpha value is -2.30. The van der Waals surface area contributed by atoms with Crippen molar-refractivity contribution < 1.29 is 4.79 Å². The first-order valence-corrected chi connectivity index (χ1v) is 9.03. The van der Waals surface area contributed by atoms with E-state index in [1.165, 1.54) is 0 Å². The van der Waals surface area contributed by atoms with E-state index in [2.05, 4.69) is 16.5 Å². The summed E-state index contributed by atoms with van der Waals surface area (Å²) in [6.07, 6.45) is 0.620. The Kier molecular flexibility index (Phi) is 5.64. The highest BCUT2D eigenvalue weighted by Gasteiger charge is 2.12. The number of aromatic nitrogens is 2. The van der Waals surface area contributed by atoms with Gasteiger partial charge in [-0.25, -0.2) is 4.98 Å². The van der Waals surface area contributed by atoms with E-state index in [0.29, 0.717) is 35.1 Å². The highest BCUT2D eigenvalue weighted by atomic mass is 35.5. The van der Waals surface area contributed by atoms with Crippen LogP contribution in [0.1, 0.15) is 18.3 Å². The van der Waals surface area contributed by atoms with Gasteiger partial charge >= 0.3 is 0 Å². The van der Waals surface area contributed by atoms with Gasteiger partial charge in [-0.05, 0) is 36.8 Å². The third-order valence-electron chi connectivity index (χ3n) is 4.08. The van der Waals surface area contributed by atoms with Crippen LogP contribution < -0.4 is 5.32 Å². The zero-order valence-corrected chi connectivity index (χ0v) is 15.9. The lowest BCUT2D eigenvalue weighted by atomic mass is 10.2. The molecule has 0 saturated carbocycles. The molecule has 0 aliphatic heterocycles. The first-order valence-electron chi connectivity index (χ1n) is 8.27. The van der Waals surface area contributed by atoms with Crippen LogP contribution in [0.5, 0.6) is 0 Å². The van der Waals surface area contributed by atoms with Gasteiger partial charge in [0, 0.05) is 25.1 Å². The molecular formula is C20H19Cl2N3O. The Balaban J connectivity index is 1.88. The molecule has 0 bridgehead atoms. The zero-order valence-electron chi connectivity index (χ0n) is 14.4. The number of amides is 1. The Labute approximate surface area is 162 Å². The molecule has 0 saturated heterocycles. The van der Waals surface area contributed by atoms with Crippen LogP contribution in [0.25, 0.3) is 11.0 Å². The average Bonchev–Trinajstić information content (AvgIpc) is 2.95. The molecule has 0 aliphatic carbocycles. The number of halogens is 2. The number of nitrogens with one attached hydrogen (secondary N) is 1. The predicted octanol–water partition coefficient (Wildman–Crippen LogP) is 4.63. The summed E-state index contributed by atoms with van der Waals surface area (Å²) in [5.41, 5.74) is 3.50. The molecule has 4 nitrogen and oxygen atoms in total. The molecule has 0 radical (unpaired) electrons. The summed E-state index contributed by atoms with van der Waals surface area (Å²) in [5, 5.41) is 3.92.